The van der Waals surface area contributed by atoms with Crippen molar-refractivity contribution < 1.29 is 22.7 Å². The van der Waals surface area contributed by atoms with Crippen LogP contribution in [-0.4, -0.2) is 33.9 Å². The molecule has 0 saturated carbocycles. The molecule has 0 spiro atoms. The summed E-state index contributed by atoms with van der Waals surface area (Å²) in [5, 5.41) is 5.52. The van der Waals surface area contributed by atoms with Gasteiger partial charge in [-0.3, -0.25) is 14.3 Å². The number of rotatable bonds is 9. The smallest absolute Gasteiger partial charge is 0.265 e. The van der Waals surface area contributed by atoms with Gasteiger partial charge in [-0.25, -0.2) is 8.42 Å². The minimum absolute atomic E-state index is 0.112. The number of hydrogen-bond donors (Lipinski definition) is 3. The van der Waals surface area contributed by atoms with Crippen molar-refractivity contribution in [2.24, 2.45) is 0 Å². The van der Waals surface area contributed by atoms with Gasteiger partial charge in [-0.05, 0) is 48.9 Å². The van der Waals surface area contributed by atoms with Gasteiger partial charge in [0.1, 0.15) is 10.6 Å². The quantitative estimate of drug-likeness (QED) is 0.555. The molecule has 0 aromatic heterocycles. The number of nitrogens with one attached hydrogen (secondary N) is 3. The fourth-order valence-corrected chi connectivity index (χ4v) is 3.77. The number of methoxy groups -OCH3 is 1. The second-order valence-electron chi connectivity index (χ2n) is 6.05. The van der Waals surface area contributed by atoms with E-state index >= 15 is 0 Å². The molecule has 0 aliphatic heterocycles. The van der Waals surface area contributed by atoms with Crippen LogP contribution in [0.3, 0.4) is 0 Å². The van der Waals surface area contributed by atoms with Crippen molar-refractivity contribution in [3.8, 4) is 5.75 Å². The van der Waals surface area contributed by atoms with Crippen LogP contribution in [0.5, 0.6) is 5.75 Å². The number of halogens is 1. The van der Waals surface area contributed by atoms with E-state index < -0.39 is 15.9 Å². The number of benzene rings is 2. The van der Waals surface area contributed by atoms with Crippen LogP contribution in [0, 0.1) is 0 Å². The van der Waals surface area contributed by atoms with Gasteiger partial charge in [0.05, 0.1) is 13.7 Å². The molecule has 2 amide bonds. The number of sulfonamides is 1. The molecule has 0 aliphatic carbocycles. The van der Waals surface area contributed by atoms with E-state index in [0.29, 0.717) is 23.6 Å². The highest BCUT2D eigenvalue weighted by Crippen LogP contribution is 2.29. The largest absolute Gasteiger partial charge is 0.495 e. The highest BCUT2D eigenvalue weighted by atomic mass is 35.5. The second-order valence-corrected chi connectivity index (χ2v) is 8.14. The van der Waals surface area contributed by atoms with Crippen molar-refractivity contribution in [1.29, 1.82) is 0 Å². The minimum Gasteiger partial charge on any atom is -0.495 e. The number of anilines is 2. The highest BCUT2D eigenvalue weighted by molar-refractivity contribution is 7.92. The van der Waals surface area contributed by atoms with E-state index in [1.165, 1.54) is 37.4 Å². The highest BCUT2D eigenvalue weighted by Gasteiger charge is 2.21. The molecule has 0 aliphatic rings. The van der Waals surface area contributed by atoms with Gasteiger partial charge in [0, 0.05) is 22.8 Å². The predicted molar refractivity (Wildman–Crippen MR) is 112 cm³/mol. The maximum atomic E-state index is 12.8. The van der Waals surface area contributed by atoms with Crippen LogP contribution in [0.4, 0.5) is 11.4 Å². The summed E-state index contributed by atoms with van der Waals surface area (Å²) in [4.78, 5) is 23.3. The molecule has 0 saturated heterocycles. The molecule has 2 rings (SSSR count). The molecule has 8 nitrogen and oxygen atoms in total. The van der Waals surface area contributed by atoms with Crippen molar-refractivity contribution in [1.82, 2.24) is 5.32 Å². The van der Waals surface area contributed by atoms with Gasteiger partial charge < -0.3 is 15.4 Å². The number of hydrogen-bond acceptors (Lipinski definition) is 5. The lowest BCUT2D eigenvalue weighted by Gasteiger charge is -2.14. The summed E-state index contributed by atoms with van der Waals surface area (Å²) in [7, 11) is -2.65. The molecule has 156 valence electrons. The van der Waals surface area contributed by atoms with Gasteiger partial charge in [-0.15, -0.1) is 0 Å². The first-order chi connectivity index (χ1) is 13.7. The molecule has 3 N–H and O–H groups in total. The van der Waals surface area contributed by atoms with Crippen LogP contribution in [0.2, 0.25) is 5.02 Å². The van der Waals surface area contributed by atoms with Gasteiger partial charge in [0.15, 0.2) is 0 Å². The summed E-state index contributed by atoms with van der Waals surface area (Å²) in [6, 6.07) is 10.4. The third-order valence-electron chi connectivity index (χ3n) is 3.76. The Morgan fingerprint density at radius 3 is 2.31 bits per heavy atom. The Hall–Kier alpha value is -2.78. The van der Waals surface area contributed by atoms with Crippen molar-refractivity contribution >= 4 is 44.8 Å². The van der Waals surface area contributed by atoms with E-state index in [-0.39, 0.29) is 28.8 Å². The van der Waals surface area contributed by atoms with Crippen LogP contribution >= 0.6 is 11.6 Å². The third-order valence-corrected chi connectivity index (χ3v) is 5.41. The Labute approximate surface area is 174 Å². The average molecular weight is 440 g/mol. The number of carbonyl (C=O) groups excluding carboxylic acids is 2. The van der Waals surface area contributed by atoms with Gasteiger partial charge in [-0.1, -0.05) is 18.5 Å². The SMILES string of the molecule is CCCC(=O)NCC(=O)Nc1ccc(OC)c(S(=O)(=O)Nc2ccc(Cl)cc2)c1. The van der Waals surface area contributed by atoms with E-state index in [0.717, 1.165) is 0 Å². The topological polar surface area (TPSA) is 114 Å². The Kier molecular flexibility index (Phi) is 7.86. The van der Waals surface area contributed by atoms with Crippen LogP contribution in [0.1, 0.15) is 19.8 Å². The van der Waals surface area contributed by atoms with Crippen LogP contribution in [0.15, 0.2) is 47.4 Å². The molecule has 0 bridgehead atoms. The Balaban J connectivity index is 2.18. The standard InChI is InChI=1S/C19H22ClN3O5S/c1-3-4-18(24)21-12-19(25)22-15-9-10-16(28-2)17(11-15)29(26,27)23-14-7-5-13(20)6-8-14/h5-11,23H,3-4,12H2,1-2H3,(H,21,24)(H,22,25). The summed E-state index contributed by atoms with van der Waals surface area (Å²) in [5.41, 5.74) is 0.571. The van der Waals surface area contributed by atoms with E-state index in [4.69, 9.17) is 16.3 Å². The monoisotopic (exact) mass is 439 g/mol. The molecule has 0 unspecified atom stereocenters. The molecule has 0 radical (unpaired) electrons. The van der Waals surface area contributed by atoms with Gasteiger partial charge >= 0.3 is 0 Å². The Bertz CT molecular complexity index is 978. The maximum absolute atomic E-state index is 12.8. The number of ether oxygens (including phenoxy) is 1. The fraction of sp³-hybridized carbons (Fsp3) is 0.263. The van der Waals surface area contributed by atoms with Crippen molar-refractivity contribution in [3.05, 3.63) is 47.5 Å². The summed E-state index contributed by atoms with van der Waals surface area (Å²) in [6.45, 7) is 1.65. The van der Waals surface area contributed by atoms with E-state index in [2.05, 4.69) is 15.4 Å². The third kappa shape index (κ3) is 6.65. The lowest BCUT2D eigenvalue weighted by molar-refractivity contribution is -0.124. The number of carbonyl (C=O) groups is 2. The molecule has 0 fully saturated rings. The molecule has 0 atom stereocenters. The molecule has 0 heterocycles. The molecular formula is C19H22ClN3O5S. The van der Waals surface area contributed by atoms with Crippen molar-refractivity contribution in [2.45, 2.75) is 24.7 Å². The first-order valence-corrected chi connectivity index (χ1v) is 10.6. The molecule has 2 aromatic rings. The van der Waals surface area contributed by atoms with Gasteiger partial charge in [0.2, 0.25) is 11.8 Å². The lowest BCUT2D eigenvalue weighted by atomic mass is 10.3. The Morgan fingerprint density at radius 1 is 1.03 bits per heavy atom. The lowest BCUT2D eigenvalue weighted by Crippen LogP contribution is -2.32. The van der Waals surface area contributed by atoms with Crippen LogP contribution in [0.25, 0.3) is 0 Å². The zero-order chi connectivity index (χ0) is 21.4. The first-order valence-electron chi connectivity index (χ1n) is 8.78. The van der Waals surface area contributed by atoms with Gasteiger partial charge in [0.25, 0.3) is 10.0 Å². The average Bonchev–Trinajstić information content (AvgIpc) is 2.68. The summed E-state index contributed by atoms with van der Waals surface area (Å²) >= 11 is 5.82. The number of amides is 2. The molecule has 10 heteroatoms. The van der Waals surface area contributed by atoms with E-state index in [1.54, 1.807) is 12.1 Å². The van der Waals surface area contributed by atoms with Crippen LogP contribution in [-0.2, 0) is 19.6 Å². The fourth-order valence-electron chi connectivity index (χ4n) is 2.39. The zero-order valence-corrected chi connectivity index (χ0v) is 17.6. The molecular weight excluding hydrogens is 418 g/mol. The first kappa shape index (κ1) is 22.5. The molecule has 29 heavy (non-hydrogen) atoms. The second kappa shape index (κ2) is 10.1. The summed E-state index contributed by atoms with van der Waals surface area (Å²) < 4.78 is 33.2. The maximum Gasteiger partial charge on any atom is 0.265 e. The van der Waals surface area contributed by atoms with Crippen molar-refractivity contribution in [3.63, 3.8) is 0 Å². The predicted octanol–water partition coefficient (Wildman–Crippen LogP) is 3.00. The van der Waals surface area contributed by atoms with Crippen molar-refractivity contribution in [2.75, 3.05) is 23.7 Å². The Morgan fingerprint density at radius 2 is 1.69 bits per heavy atom. The minimum atomic E-state index is -4.00. The van der Waals surface area contributed by atoms with E-state index in [9.17, 15) is 18.0 Å². The zero-order valence-electron chi connectivity index (χ0n) is 16.0. The molecule has 2 aromatic carbocycles. The normalized spacial score (nSPS) is 10.9. The van der Waals surface area contributed by atoms with E-state index in [1.807, 2.05) is 6.92 Å². The summed E-state index contributed by atoms with van der Waals surface area (Å²) in [6.07, 6.45) is 1.00. The van der Waals surface area contributed by atoms with Crippen LogP contribution < -0.4 is 20.1 Å². The summed E-state index contributed by atoms with van der Waals surface area (Å²) in [5.74, 6) is -0.595. The van der Waals surface area contributed by atoms with Gasteiger partial charge in [-0.2, -0.15) is 0 Å².